The van der Waals surface area contributed by atoms with Crippen molar-refractivity contribution in [2.24, 2.45) is 0 Å². The first-order chi connectivity index (χ1) is 14.2. The number of Topliss-reactive ketones (excluding diaryl/α,β-unsaturated/α-hetero) is 1. The highest BCUT2D eigenvalue weighted by atomic mass is 16.5. The van der Waals surface area contributed by atoms with Crippen molar-refractivity contribution < 1.29 is 18.8 Å². The molecule has 29 heavy (non-hydrogen) atoms. The number of rotatable bonds is 7. The number of ketones is 1. The van der Waals surface area contributed by atoms with Gasteiger partial charge in [-0.1, -0.05) is 47.6 Å². The van der Waals surface area contributed by atoms with Crippen LogP contribution in [0.2, 0.25) is 0 Å². The van der Waals surface area contributed by atoms with Gasteiger partial charge in [0.15, 0.2) is 12.4 Å². The van der Waals surface area contributed by atoms with Crippen LogP contribution >= 0.6 is 0 Å². The van der Waals surface area contributed by atoms with Gasteiger partial charge in [-0.25, -0.2) is 0 Å². The lowest BCUT2D eigenvalue weighted by Gasteiger charge is -2.06. The summed E-state index contributed by atoms with van der Waals surface area (Å²) in [4.78, 5) is 16.6. The minimum atomic E-state index is -0.0747. The summed E-state index contributed by atoms with van der Waals surface area (Å²) in [6.07, 6.45) is 0. The maximum atomic E-state index is 12.1. The van der Waals surface area contributed by atoms with Crippen LogP contribution in [0.5, 0.6) is 11.5 Å². The van der Waals surface area contributed by atoms with Gasteiger partial charge in [0.25, 0.3) is 5.89 Å². The van der Waals surface area contributed by atoms with E-state index in [1.165, 1.54) is 0 Å². The molecule has 4 aromatic rings. The Morgan fingerprint density at radius 1 is 0.931 bits per heavy atom. The minimum Gasteiger partial charge on any atom is -0.496 e. The van der Waals surface area contributed by atoms with Crippen molar-refractivity contribution in [3.8, 4) is 34.3 Å². The first-order valence-corrected chi connectivity index (χ1v) is 9.03. The Morgan fingerprint density at radius 2 is 1.66 bits per heavy atom. The second-order valence-electron chi connectivity index (χ2n) is 6.23. The van der Waals surface area contributed by atoms with E-state index in [1.807, 2.05) is 54.6 Å². The fourth-order valence-electron chi connectivity index (χ4n) is 2.83. The van der Waals surface area contributed by atoms with Gasteiger partial charge in [0.1, 0.15) is 11.5 Å². The van der Waals surface area contributed by atoms with Crippen molar-refractivity contribution in [1.29, 1.82) is 0 Å². The molecule has 0 spiro atoms. The number of hydrogen-bond acceptors (Lipinski definition) is 6. The maximum Gasteiger partial charge on any atom is 0.262 e. The predicted octanol–water partition coefficient (Wildman–Crippen LogP) is 4.67. The molecule has 6 heteroatoms. The van der Waals surface area contributed by atoms with Gasteiger partial charge in [0.2, 0.25) is 5.82 Å². The summed E-state index contributed by atoms with van der Waals surface area (Å²) in [6, 6.07) is 23.7. The van der Waals surface area contributed by atoms with Crippen LogP contribution in [0.25, 0.3) is 22.8 Å². The van der Waals surface area contributed by atoms with E-state index in [4.69, 9.17) is 14.0 Å². The van der Waals surface area contributed by atoms with Gasteiger partial charge in [-0.3, -0.25) is 4.79 Å². The molecule has 1 heterocycles. The average Bonchev–Trinajstić information content (AvgIpc) is 3.28. The molecule has 0 radical (unpaired) electrons. The van der Waals surface area contributed by atoms with E-state index in [-0.39, 0.29) is 12.4 Å². The normalized spacial score (nSPS) is 10.5. The molecule has 0 aliphatic carbocycles. The van der Waals surface area contributed by atoms with Gasteiger partial charge in [0.05, 0.1) is 12.7 Å². The highest BCUT2D eigenvalue weighted by molar-refractivity contribution is 5.97. The minimum absolute atomic E-state index is 0.0243. The van der Waals surface area contributed by atoms with Crippen molar-refractivity contribution in [2.75, 3.05) is 13.7 Å². The molecular formula is C23H18N2O4. The predicted molar refractivity (Wildman–Crippen MR) is 108 cm³/mol. The van der Waals surface area contributed by atoms with Crippen LogP contribution in [-0.2, 0) is 0 Å². The first-order valence-electron chi connectivity index (χ1n) is 9.03. The molecule has 0 amide bonds. The van der Waals surface area contributed by atoms with Gasteiger partial charge in [0, 0.05) is 11.1 Å². The van der Waals surface area contributed by atoms with E-state index in [0.29, 0.717) is 28.8 Å². The molecule has 0 fully saturated rings. The van der Waals surface area contributed by atoms with Gasteiger partial charge < -0.3 is 14.0 Å². The van der Waals surface area contributed by atoms with Crippen LogP contribution < -0.4 is 9.47 Å². The lowest BCUT2D eigenvalue weighted by Crippen LogP contribution is -2.11. The summed E-state index contributed by atoms with van der Waals surface area (Å²) in [5.41, 5.74) is 2.13. The third-order valence-electron chi connectivity index (χ3n) is 4.34. The number of para-hydroxylation sites is 1. The van der Waals surface area contributed by atoms with Crippen LogP contribution in [0.4, 0.5) is 0 Å². The molecule has 0 atom stereocenters. The van der Waals surface area contributed by atoms with Crippen molar-refractivity contribution in [1.82, 2.24) is 10.1 Å². The van der Waals surface area contributed by atoms with E-state index in [1.54, 1.807) is 31.4 Å². The number of hydrogen-bond donors (Lipinski definition) is 0. The molecule has 0 aliphatic rings. The summed E-state index contributed by atoms with van der Waals surface area (Å²) < 4.78 is 16.3. The quantitative estimate of drug-likeness (QED) is 0.430. The summed E-state index contributed by atoms with van der Waals surface area (Å²) in [6.45, 7) is -0.0243. The van der Waals surface area contributed by atoms with Crippen LogP contribution in [0.1, 0.15) is 10.4 Å². The molecule has 6 nitrogen and oxygen atoms in total. The van der Waals surface area contributed by atoms with Gasteiger partial charge >= 0.3 is 0 Å². The highest BCUT2D eigenvalue weighted by Gasteiger charge is 2.14. The molecule has 0 saturated heterocycles. The highest BCUT2D eigenvalue weighted by Crippen LogP contribution is 2.30. The number of aromatic nitrogens is 2. The molecule has 144 valence electrons. The largest absolute Gasteiger partial charge is 0.496 e. The summed E-state index contributed by atoms with van der Waals surface area (Å²) in [5, 5.41) is 4.05. The number of carbonyl (C=O) groups is 1. The zero-order valence-corrected chi connectivity index (χ0v) is 15.7. The molecule has 0 unspecified atom stereocenters. The van der Waals surface area contributed by atoms with Crippen molar-refractivity contribution in [3.63, 3.8) is 0 Å². The van der Waals surface area contributed by atoms with E-state index < -0.39 is 0 Å². The summed E-state index contributed by atoms with van der Waals surface area (Å²) >= 11 is 0. The lowest BCUT2D eigenvalue weighted by molar-refractivity contribution is 0.0921. The first kappa shape index (κ1) is 18.4. The van der Waals surface area contributed by atoms with E-state index >= 15 is 0 Å². The zero-order valence-electron chi connectivity index (χ0n) is 15.7. The molecule has 0 aliphatic heterocycles. The summed E-state index contributed by atoms with van der Waals surface area (Å²) in [5.74, 6) is 2.01. The standard InChI is InChI=1S/C23H18N2O4/c1-27-21-10-6-5-9-19(21)23-24-22(25-29-23)17-11-13-18(14-12-17)28-15-20(26)16-7-3-2-4-8-16/h2-14H,15H2,1H3. The van der Waals surface area contributed by atoms with E-state index in [0.717, 1.165) is 11.1 Å². The Hall–Kier alpha value is -3.93. The number of nitrogens with zero attached hydrogens (tertiary/aromatic N) is 2. The SMILES string of the molecule is COc1ccccc1-c1nc(-c2ccc(OCC(=O)c3ccccc3)cc2)no1. The third kappa shape index (κ3) is 4.16. The fraction of sp³-hybridized carbons (Fsp3) is 0.0870. The Bertz CT molecular complexity index is 1110. The third-order valence-corrected chi connectivity index (χ3v) is 4.34. The number of methoxy groups -OCH3 is 1. The van der Waals surface area contributed by atoms with Crippen molar-refractivity contribution in [3.05, 3.63) is 84.4 Å². The molecule has 1 aromatic heterocycles. The number of benzene rings is 3. The van der Waals surface area contributed by atoms with Gasteiger partial charge in [-0.05, 0) is 36.4 Å². The van der Waals surface area contributed by atoms with Gasteiger partial charge in [-0.2, -0.15) is 4.98 Å². The second-order valence-corrected chi connectivity index (χ2v) is 6.23. The van der Waals surface area contributed by atoms with Crippen LogP contribution in [0.3, 0.4) is 0 Å². The van der Waals surface area contributed by atoms with Gasteiger partial charge in [-0.15, -0.1) is 0 Å². The molecular weight excluding hydrogens is 368 g/mol. The molecule has 0 bridgehead atoms. The number of ether oxygens (including phenoxy) is 2. The van der Waals surface area contributed by atoms with Crippen molar-refractivity contribution in [2.45, 2.75) is 0 Å². The second kappa shape index (κ2) is 8.39. The Morgan fingerprint density at radius 3 is 2.41 bits per heavy atom. The number of carbonyl (C=O) groups excluding carboxylic acids is 1. The topological polar surface area (TPSA) is 74.5 Å². The molecule has 0 saturated carbocycles. The average molecular weight is 386 g/mol. The zero-order chi connectivity index (χ0) is 20.1. The Balaban J connectivity index is 1.45. The monoisotopic (exact) mass is 386 g/mol. The van der Waals surface area contributed by atoms with E-state index in [9.17, 15) is 4.79 Å². The maximum absolute atomic E-state index is 12.1. The fourth-order valence-corrected chi connectivity index (χ4v) is 2.83. The molecule has 3 aromatic carbocycles. The van der Waals surface area contributed by atoms with Crippen LogP contribution in [0, 0.1) is 0 Å². The lowest BCUT2D eigenvalue weighted by atomic mass is 10.1. The van der Waals surface area contributed by atoms with E-state index in [2.05, 4.69) is 10.1 Å². The smallest absolute Gasteiger partial charge is 0.262 e. The van der Waals surface area contributed by atoms with Crippen molar-refractivity contribution >= 4 is 5.78 Å². The Labute approximate surface area is 167 Å². The van der Waals surface area contributed by atoms with Crippen LogP contribution in [0.15, 0.2) is 83.4 Å². The summed E-state index contributed by atoms with van der Waals surface area (Å²) in [7, 11) is 1.59. The molecule has 0 N–H and O–H groups in total. The Kier molecular flexibility index (Phi) is 5.33. The molecule has 4 rings (SSSR count). The van der Waals surface area contributed by atoms with Crippen LogP contribution in [-0.4, -0.2) is 29.6 Å².